The predicted molar refractivity (Wildman–Crippen MR) is 98.6 cm³/mol. The van der Waals surface area contributed by atoms with E-state index in [1.165, 1.54) is 0 Å². The summed E-state index contributed by atoms with van der Waals surface area (Å²) in [4.78, 5) is 27.2. The topological polar surface area (TPSA) is 89.6 Å². The van der Waals surface area contributed by atoms with Crippen LogP contribution in [0.15, 0.2) is 18.2 Å². The lowest BCUT2D eigenvalue weighted by Gasteiger charge is -2.34. The molecular formula is C18H27N3O6. The van der Waals surface area contributed by atoms with Crippen LogP contribution in [-0.2, 0) is 4.74 Å². The first-order valence-electron chi connectivity index (χ1n) is 8.89. The van der Waals surface area contributed by atoms with Crippen molar-refractivity contribution in [2.24, 2.45) is 0 Å². The van der Waals surface area contributed by atoms with E-state index in [-0.39, 0.29) is 18.7 Å². The Morgan fingerprint density at radius 2 is 1.70 bits per heavy atom. The molecule has 9 heteroatoms. The molecule has 0 aromatic heterocycles. The quantitative estimate of drug-likeness (QED) is 0.721. The van der Waals surface area contributed by atoms with Gasteiger partial charge < -0.3 is 34.1 Å². The molecule has 3 amide bonds. The Morgan fingerprint density at radius 1 is 1.04 bits per heavy atom. The second-order valence-electron chi connectivity index (χ2n) is 5.75. The number of amides is 3. The Balaban J connectivity index is 1.72. The molecule has 1 fully saturated rings. The summed E-state index contributed by atoms with van der Waals surface area (Å²) in [5, 5.41) is 2.81. The van der Waals surface area contributed by atoms with Crippen molar-refractivity contribution in [1.82, 2.24) is 15.1 Å². The second kappa shape index (κ2) is 10.3. The lowest BCUT2D eigenvalue weighted by Crippen LogP contribution is -2.53. The van der Waals surface area contributed by atoms with Crippen LogP contribution in [-0.4, -0.2) is 82.1 Å². The van der Waals surface area contributed by atoms with Gasteiger partial charge in [0.25, 0.3) is 0 Å². The zero-order valence-corrected chi connectivity index (χ0v) is 16.0. The zero-order chi connectivity index (χ0) is 19.6. The van der Waals surface area contributed by atoms with E-state index in [0.717, 1.165) is 0 Å². The highest BCUT2D eigenvalue weighted by Crippen LogP contribution is 2.36. The standard InChI is InChI=1S/C18H27N3O6/c1-4-26-18(23)21-11-9-20(10-12-21)17(22)19-8-13-27-15-7-5-6-14(24-2)16(15)25-3/h5-7H,4,8-13H2,1-3H3,(H,19,22). The fourth-order valence-electron chi connectivity index (χ4n) is 2.71. The molecule has 0 aliphatic carbocycles. The molecule has 0 bridgehead atoms. The molecule has 0 saturated carbocycles. The fraction of sp³-hybridized carbons (Fsp3) is 0.556. The lowest BCUT2D eigenvalue weighted by atomic mass is 10.3. The van der Waals surface area contributed by atoms with Gasteiger partial charge in [0.15, 0.2) is 11.5 Å². The number of hydrogen-bond acceptors (Lipinski definition) is 6. The SMILES string of the molecule is CCOC(=O)N1CCN(C(=O)NCCOc2cccc(OC)c2OC)CC1. The molecule has 0 spiro atoms. The van der Waals surface area contributed by atoms with E-state index < -0.39 is 0 Å². The first kappa shape index (κ1) is 20.5. The third-order valence-electron chi connectivity index (χ3n) is 4.10. The van der Waals surface area contributed by atoms with Gasteiger partial charge in [-0.25, -0.2) is 9.59 Å². The molecule has 1 saturated heterocycles. The smallest absolute Gasteiger partial charge is 0.409 e. The maximum Gasteiger partial charge on any atom is 0.409 e. The van der Waals surface area contributed by atoms with E-state index in [0.29, 0.717) is 56.6 Å². The third-order valence-corrected chi connectivity index (χ3v) is 4.10. The average molecular weight is 381 g/mol. The van der Waals surface area contributed by atoms with Crippen molar-refractivity contribution in [3.8, 4) is 17.2 Å². The Hall–Kier alpha value is -2.84. The van der Waals surface area contributed by atoms with Gasteiger partial charge in [-0.3, -0.25) is 0 Å². The maximum absolute atomic E-state index is 12.2. The van der Waals surface area contributed by atoms with Crippen molar-refractivity contribution in [3.63, 3.8) is 0 Å². The van der Waals surface area contributed by atoms with Crippen molar-refractivity contribution >= 4 is 12.1 Å². The van der Waals surface area contributed by atoms with Crippen LogP contribution in [0.5, 0.6) is 17.2 Å². The summed E-state index contributed by atoms with van der Waals surface area (Å²) in [7, 11) is 3.10. The summed E-state index contributed by atoms with van der Waals surface area (Å²) in [6.45, 7) is 4.61. The van der Waals surface area contributed by atoms with Gasteiger partial charge in [0.1, 0.15) is 6.61 Å². The molecule has 1 aromatic carbocycles. The number of rotatable bonds is 7. The van der Waals surface area contributed by atoms with Crippen molar-refractivity contribution in [3.05, 3.63) is 18.2 Å². The number of hydrogen-bond donors (Lipinski definition) is 1. The van der Waals surface area contributed by atoms with Crippen molar-refractivity contribution < 1.29 is 28.5 Å². The number of ether oxygens (including phenoxy) is 4. The molecule has 0 atom stereocenters. The van der Waals surface area contributed by atoms with E-state index in [1.54, 1.807) is 49.1 Å². The molecule has 27 heavy (non-hydrogen) atoms. The first-order chi connectivity index (χ1) is 13.1. The number of nitrogens with one attached hydrogen (secondary N) is 1. The average Bonchev–Trinajstić information content (AvgIpc) is 2.70. The van der Waals surface area contributed by atoms with Crippen LogP contribution < -0.4 is 19.5 Å². The zero-order valence-electron chi connectivity index (χ0n) is 16.0. The minimum atomic E-state index is -0.335. The van der Waals surface area contributed by atoms with Crippen molar-refractivity contribution in [1.29, 1.82) is 0 Å². The molecule has 1 N–H and O–H groups in total. The number of benzene rings is 1. The minimum absolute atomic E-state index is 0.181. The van der Waals surface area contributed by atoms with E-state index in [1.807, 2.05) is 0 Å². The summed E-state index contributed by atoms with van der Waals surface area (Å²) in [6.07, 6.45) is -0.335. The first-order valence-corrected chi connectivity index (χ1v) is 8.89. The van der Waals surface area contributed by atoms with Crippen LogP contribution in [0.3, 0.4) is 0 Å². The number of nitrogens with zero attached hydrogens (tertiary/aromatic N) is 2. The maximum atomic E-state index is 12.2. The van der Waals surface area contributed by atoms with Gasteiger partial charge in [-0.2, -0.15) is 0 Å². The van der Waals surface area contributed by atoms with Crippen LogP contribution >= 0.6 is 0 Å². The van der Waals surface area contributed by atoms with Crippen molar-refractivity contribution in [2.45, 2.75) is 6.92 Å². The highest BCUT2D eigenvalue weighted by Gasteiger charge is 2.24. The van der Waals surface area contributed by atoms with Gasteiger partial charge in [-0.15, -0.1) is 0 Å². The number of para-hydroxylation sites is 1. The highest BCUT2D eigenvalue weighted by molar-refractivity contribution is 5.75. The molecule has 0 unspecified atom stereocenters. The summed E-state index contributed by atoms with van der Waals surface area (Å²) in [5.41, 5.74) is 0. The number of piperazine rings is 1. The second-order valence-corrected chi connectivity index (χ2v) is 5.75. The van der Waals surface area contributed by atoms with Crippen molar-refractivity contribution in [2.75, 3.05) is 60.2 Å². The summed E-state index contributed by atoms with van der Waals surface area (Å²) in [5.74, 6) is 1.65. The fourth-order valence-corrected chi connectivity index (χ4v) is 2.71. The van der Waals surface area contributed by atoms with Crippen LogP contribution in [0.1, 0.15) is 6.92 Å². The monoisotopic (exact) mass is 381 g/mol. The lowest BCUT2D eigenvalue weighted by molar-refractivity contribution is 0.0851. The van der Waals surface area contributed by atoms with E-state index in [2.05, 4.69) is 5.32 Å². The molecule has 1 aliphatic rings. The van der Waals surface area contributed by atoms with Crippen LogP contribution in [0.4, 0.5) is 9.59 Å². The largest absolute Gasteiger partial charge is 0.493 e. The van der Waals surface area contributed by atoms with Gasteiger partial charge in [-0.1, -0.05) is 6.07 Å². The number of urea groups is 1. The normalized spacial score (nSPS) is 13.7. The Kier molecular flexibility index (Phi) is 7.84. The van der Waals surface area contributed by atoms with Crippen LogP contribution in [0, 0.1) is 0 Å². The summed E-state index contributed by atoms with van der Waals surface area (Å²) >= 11 is 0. The Bertz CT molecular complexity index is 632. The molecule has 150 valence electrons. The Morgan fingerprint density at radius 3 is 2.33 bits per heavy atom. The van der Waals surface area contributed by atoms with Gasteiger partial charge in [-0.05, 0) is 19.1 Å². The van der Waals surface area contributed by atoms with E-state index >= 15 is 0 Å². The third kappa shape index (κ3) is 5.57. The molecular weight excluding hydrogens is 354 g/mol. The van der Waals surface area contributed by atoms with Gasteiger partial charge >= 0.3 is 12.1 Å². The molecule has 9 nitrogen and oxygen atoms in total. The molecule has 1 aromatic rings. The van der Waals surface area contributed by atoms with Gasteiger partial charge in [0.05, 0.1) is 27.4 Å². The summed E-state index contributed by atoms with van der Waals surface area (Å²) in [6, 6.07) is 5.18. The molecule has 2 rings (SSSR count). The van der Waals surface area contributed by atoms with E-state index in [9.17, 15) is 9.59 Å². The van der Waals surface area contributed by atoms with Gasteiger partial charge in [0, 0.05) is 26.2 Å². The predicted octanol–water partition coefficient (Wildman–Crippen LogP) is 1.57. The van der Waals surface area contributed by atoms with Crippen LogP contribution in [0.25, 0.3) is 0 Å². The number of carbonyl (C=O) groups excluding carboxylic acids is 2. The highest BCUT2D eigenvalue weighted by atomic mass is 16.6. The molecule has 1 heterocycles. The number of carbonyl (C=O) groups is 2. The van der Waals surface area contributed by atoms with Gasteiger partial charge in [0.2, 0.25) is 5.75 Å². The number of methoxy groups -OCH3 is 2. The summed E-state index contributed by atoms with van der Waals surface area (Å²) < 4.78 is 21.2. The van der Waals surface area contributed by atoms with Crippen LogP contribution in [0.2, 0.25) is 0 Å². The molecule has 1 aliphatic heterocycles. The minimum Gasteiger partial charge on any atom is -0.493 e. The van der Waals surface area contributed by atoms with E-state index in [4.69, 9.17) is 18.9 Å². The molecule has 0 radical (unpaired) electrons. The Labute approximate surface area is 159 Å².